The molecule has 118 valence electrons. The fraction of sp³-hybridized carbons (Fsp3) is 0.500. The minimum atomic E-state index is -0.663. The summed E-state index contributed by atoms with van der Waals surface area (Å²) in [5.41, 5.74) is 1.87. The number of rotatable bonds is 0. The van der Waals surface area contributed by atoms with Gasteiger partial charge in [-0.15, -0.1) is 0 Å². The van der Waals surface area contributed by atoms with E-state index in [-0.39, 0.29) is 5.91 Å². The summed E-state index contributed by atoms with van der Waals surface area (Å²) in [4.78, 5) is 19.6. The lowest BCUT2D eigenvalue weighted by Gasteiger charge is -2.41. The Hall–Kier alpha value is -2.35. The summed E-state index contributed by atoms with van der Waals surface area (Å²) in [7, 11) is 0. The van der Waals surface area contributed by atoms with Crippen LogP contribution < -0.4 is 10.2 Å². The third-order valence-electron chi connectivity index (χ3n) is 5.35. The van der Waals surface area contributed by atoms with Crippen LogP contribution in [0.1, 0.15) is 37.7 Å². The summed E-state index contributed by atoms with van der Waals surface area (Å²) < 4.78 is 0. The number of carbonyl (C=O) groups is 1. The van der Waals surface area contributed by atoms with Crippen LogP contribution >= 0.6 is 0 Å². The van der Waals surface area contributed by atoms with Gasteiger partial charge in [-0.25, -0.2) is 4.99 Å². The molecule has 23 heavy (non-hydrogen) atoms. The largest absolute Gasteiger partial charge is 0.312 e. The fourth-order valence-corrected chi connectivity index (χ4v) is 4.16. The molecule has 0 bridgehead atoms. The van der Waals surface area contributed by atoms with Gasteiger partial charge >= 0.3 is 0 Å². The number of hydrogen-bond acceptors (Lipinski definition) is 4. The molecule has 3 aliphatic rings. The topological polar surface area (TPSA) is 68.5 Å². The van der Waals surface area contributed by atoms with E-state index in [1.165, 1.54) is 12.0 Å². The van der Waals surface area contributed by atoms with Gasteiger partial charge in [-0.05, 0) is 30.9 Å². The first-order chi connectivity index (χ1) is 11.2. The number of guanidine groups is 1. The predicted molar refractivity (Wildman–Crippen MR) is 88.0 cm³/mol. The average Bonchev–Trinajstić information content (AvgIpc) is 2.99. The molecular weight excluding hydrogens is 288 g/mol. The Kier molecular flexibility index (Phi) is 3.33. The van der Waals surface area contributed by atoms with Gasteiger partial charge in [0.2, 0.25) is 11.9 Å². The van der Waals surface area contributed by atoms with E-state index in [4.69, 9.17) is 4.99 Å². The molecule has 2 heterocycles. The molecule has 4 rings (SSSR count). The molecule has 1 atom stereocenters. The van der Waals surface area contributed by atoms with Gasteiger partial charge in [0.05, 0.1) is 11.6 Å². The van der Waals surface area contributed by atoms with Crippen molar-refractivity contribution in [3.8, 4) is 6.07 Å². The van der Waals surface area contributed by atoms with Crippen molar-refractivity contribution in [2.24, 2.45) is 10.9 Å². The molecule has 0 radical (unpaired) electrons. The maximum atomic E-state index is 12.5. The molecule has 1 fully saturated rings. The lowest BCUT2D eigenvalue weighted by Crippen LogP contribution is -2.57. The highest BCUT2D eigenvalue weighted by molar-refractivity contribution is 6.09. The Morgan fingerprint density at radius 1 is 1.26 bits per heavy atom. The summed E-state index contributed by atoms with van der Waals surface area (Å²) in [5, 5.41) is 12.4. The Bertz CT molecular complexity index is 712. The molecule has 0 unspecified atom stereocenters. The zero-order valence-electron chi connectivity index (χ0n) is 13.1. The molecule has 1 aromatic rings. The van der Waals surface area contributed by atoms with Crippen LogP contribution in [0.3, 0.4) is 0 Å². The van der Waals surface area contributed by atoms with E-state index in [9.17, 15) is 10.1 Å². The van der Waals surface area contributed by atoms with Gasteiger partial charge in [-0.2, -0.15) is 5.26 Å². The predicted octanol–water partition coefficient (Wildman–Crippen LogP) is 2.38. The molecule has 1 amide bonds. The van der Waals surface area contributed by atoms with Crippen LogP contribution in [0.4, 0.5) is 5.69 Å². The highest BCUT2D eigenvalue weighted by Gasteiger charge is 2.48. The van der Waals surface area contributed by atoms with E-state index in [1.54, 1.807) is 0 Å². The van der Waals surface area contributed by atoms with E-state index in [0.29, 0.717) is 5.96 Å². The zero-order chi connectivity index (χ0) is 15.9. The molecular formula is C18H20N4O. The maximum Gasteiger partial charge on any atom is 0.246 e. The van der Waals surface area contributed by atoms with E-state index in [0.717, 1.165) is 44.3 Å². The van der Waals surface area contributed by atoms with Crippen LogP contribution in [0, 0.1) is 17.2 Å². The zero-order valence-corrected chi connectivity index (χ0v) is 13.1. The van der Waals surface area contributed by atoms with Gasteiger partial charge in [0.1, 0.15) is 0 Å². The SMILES string of the molecule is N#C[C@H]1C(=O)NC(N2CCc3ccccc32)=NC12CCCCC2. The number of nitrogens with zero attached hydrogens (tertiary/aromatic N) is 3. The molecule has 0 saturated heterocycles. The van der Waals surface area contributed by atoms with E-state index < -0.39 is 11.5 Å². The van der Waals surface area contributed by atoms with Crippen LogP contribution in [0.25, 0.3) is 0 Å². The van der Waals surface area contributed by atoms with Crippen molar-refractivity contribution >= 4 is 17.6 Å². The number of nitrogens with one attached hydrogen (secondary N) is 1. The highest BCUT2D eigenvalue weighted by atomic mass is 16.2. The molecule has 2 aliphatic heterocycles. The molecule has 0 aromatic heterocycles. The quantitative estimate of drug-likeness (QED) is 0.800. The van der Waals surface area contributed by atoms with Crippen LogP contribution in [-0.2, 0) is 11.2 Å². The van der Waals surface area contributed by atoms with Gasteiger partial charge in [0.15, 0.2) is 5.92 Å². The Labute approximate surface area is 136 Å². The monoisotopic (exact) mass is 308 g/mol. The van der Waals surface area contributed by atoms with Gasteiger partial charge in [-0.3, -0.25) is 10.1 Å². The number of anilines is 1. The number of fused-ring (bicyclic) bond motifs is 1. The summed E-state index contributed by atoms with van der Waals surface area (Å²) in [5.74, 6) is -0.221. The van der Waals surface area contributed by atoms with Crippen molar-refractivity contribution in [1.82, 2.24) is 5.32 Å². The second-order valence-electron chi connectivity index (χ2n) is 6.68. The number of nitriles is 1. The van der Waals surface area contributed by atoms with Gasteiger partial charge in [0.25, 0.3) is 0 Å². The molecule has 1 aliphatic carbocycles. The molecule has 1 aromatic carbocycles. The number of para-hydroxylation sites is 1. The van der Waals surface area contributed by atoms with Crippen molar-refractivity contribution in [3.05, 3.63) is 29.8 Å². The number of aliphatic imine (C=N–C) groups is 1. The van der Waals surface area contributed by atoms with Crippen LogP contribution in [0.15, 0.2) is 29.3 Å². The van der Waals surface area contributed by atoms with E-state index in [2.05, 4.69) is 28.4 Å². The third kappa shape index (κ3) is 2.21. The van der Waals surface area contributed by atoms with Crippen LogP contribution in [0.2, 0.25) is 0 Å². The Balaban J connectivity index is 1.75. The second kappa shape index (κ2) is 5.38. The molecule has 1 N–H and O–H groups in total. The standard InChI is InChI=1S/C18H20N4O/c19-12-14-16(23)20-17(21-18(14)9-4-1-5-10-18)22-11-8-13-6-2-3-7-15(13)22/h2-3,6-7,14H,1,4-5,8-11H2,(H,20,21,23)/t14-/m0/s1. The first-order valence-electron chi connectivity index (χ1n) is 8.39. The smallest absolute Gasteiger partial charge is 0.246 e. The van der Waals surface area contributed by atoms with E-state index in [1.807, 2.05) is 12.1 Å². The van der Waals surface area contributed by atoms with Crippen molar-refractivity contribution in [2.45, 2.75) is 44.1 Å². The lowest BCUT2D eigenvalue weighted by molar-refractivity contribution is -0.124. The van der Waals surface area contributed by atoms with Crippen molar-refractivity contribution in [2.75, 3.05) is 11.4 Å². The normalized spacial score (nSPS) is 25.5. The van der Waals surface area contributed by atoms with Gasteiger partial charge < -0.3 is 4.90 Å². The van der Waals surface area contributed by atoms with Crippen molar-refractivity contribution in [1.29, 1.82) is 5.26 Å². The average molecular weight is 308 g/mol. The maximum absolute atomic E-state index is 12.5. The Morgan fingerprint density at radius 3 is 2.83 bits per heavy atom. The minimum absolute atomic E-state index is 0.191. The third-order valence-corrected chi connectivity index (χ3v) is 5.35. The van der Waals surface area contributed by atoms with Gasteiger partial charge in [-0.1, -0.05) is 37.5 Å². The first kappa shape index (κ1) is 14.3. The lowest BCUT2D eigenvalue weighted by atomic mass is 9.72. The molecule has 5 heteroatoms. The number of hydrogen-bond donors (Lipinski definition) is 1. The van der Waals surface area contributed by atoms with Gasteiger partial charge in [0, 0.05) is 12.2 Å². The van der Waals surface area contributed by atoms with E-state index >= 15 is 0 Å². The summed E-state index contributed by atoms with van der Waals surface area (Å²) in [6.45, 7) is 0.825. The number of benzene rings is 1. The first-order valence-corrected chi connectivity index (χ1v) is 8.39. The fourth-order valence-electron chi connectivity index (χ4n) is 4.16. The van der Waals surface area contributed by atoms with Crippen LogP contribution in [0.5, 0.6) is 0 Å². The van der Waals surface area contributed by atoms with Crippen molar-refractivity contribution < 1.29 is 4.79 Å². The second-order valence-corrected chi connectivity index (χ2v) is 6.68. The summed E-state index contributed by atoms with van der Waals surface area (Å²) >= 11 is 0. The summed E-state index contributed by atoms with van der Waals surface area (Å²) in [6, 6.07) is 10.4. The number of amides is 1. The molecule has 5 nitrogen and oxygen atoms in total. The Morgan fingerprint density at radius 2 is 2.04 bits per heavy atom. The van der Waals surface area contributed by atoms with Crippen molar-refractivity contribution in [3.63, 3.8) is 0 Å². The van der Waals surface area contributed by atoms with Crippen LogP contribution in [-0.4, -0.2) is 24.0 Å². The summed E-state index contributed by atoms with van der Waals surface area (Å²) in [6.07, 6.45) is 5.87. The highest BCUT2D eigenvalue weighted by Crippen LogP contribution is 2.40. The minimum Gasteiger partial charge on any atom is -0.312 e. The molecule has 1 spiro atoms. The molecule has 1 saturated carbocycles. The number of carbonyl (C=O) groups excluding carboxylic acids is 1.